The Hall–Kier alpha value is -0.840. The predicted molar refractivity (Wildman–Crippen MR) is 77.8 cm³/mol. The van der Waals surface area contributed by atoms with Crippen LogP contribution in [-0.2, 0) is 11.3 Å². The highest BCUT2D eigenvalue weighted by Crippen LogP contribution is 2.25. The van der Waals surface area contributed by atoms with E-state index < -0.39 is 5.41 Å². The molecule has 0 saturated carbocycles. The summed E-state index contributed by atoms with van der Waals surface area (Å²) in [5.41, 5.74) is 5.10. The number of thiophene rings is 1. The molecule has 0 aliphatic carbocycles. The number of carbonyl (C=O) groups excluding carboxylic acids is 1. The van der Waals surface area contributed by atoms with E-state index in [1.54, 1.807) is 11.0 Å². The molecule has 18 heavy (non-hydrogen) atoms. The second-order valence-electron chi connectivity index (χ2n) is 4.77. The van der Waals surface area contributed by atoms with Crippen LogP contribution in [-0.4, -0.2) is 23.9 Å². The predicted octanol–water partition coefficient (Wildman–Crippen LogP) is 2.90. The smallest absolute Gasteiger partial charge is 0.230 e. The second-order valence-corrected chi connectivity index (χ2v) is 6.57. The number of rotatable bonds is 6. The number of nitrogens with two attached hydrogens (primary N) is 1. The second kappa shape index (κ2) is 6.36. The van der Waals surface area contributed by atoms with E-state index in [9.17, 15) is 4.79 Å². The zero-order chi connectivity index (χ0) is 13.8. The molecule has 0 aromatic carbocycles. The van der Waals surface area contributed by atoms with Crippen LogP contribution >= 0.6 is 22.9 Å². The normalized spacial score (nSPS) is 11.3. The summed E-state index contributed by atoms with van der Waals surface area (Å²) in [7, 11) is 0. The molecule has 1 heterocycles. The minimum absolute atomic E-state index is 0.0365. The monoisotopic (exact) mass is 286 g/mol. The first-order valence-corrected chi connectivity index (χ1v) is 6.94. The molecular weight excluding hydrogens is 268 g/mol. The number of carbonyl (C=O) groups is 1. The van der Waals surface area contributed by atoms with Crippen LogP contribution in [0.2, 0.25) is 4.34 Å². The van der Waals surface area contributed by atoms with Crippen LogP contribution in [0, 0.1) is 5.41 Å². The SMILES string of the molecule is C=CCN(Cc1ccc(Cl)s1)C(=O)C(C)(C)CN. The summed E-state index contributed by atoms with van der Waals surface area (Å²) < 4.78 is 0.731. The van der Waals surface area contributed by atoms with Crippen LogP contribution in [0.4, 0.5) is 0 Å². The summed E-state index contributed by atoms with van der Waals surface area (Å²) >= 11 is 7.38. The van der Waals surface area contributed by atoms with E-state index in [1.165, 1.54) is 11.3 Å². The molecule has 0 fully saturated rings. The lowest BCUT2D eigenvalue weighted by atomic mass is 9.92. The van der Waals surface area contributed by atoms with Gasteiger partial charge in [0.1, 0.15) is 0 Å². The Balaban J connectivity index is 2.82. The average molecular weight is 287 g/mol. The Morgan fingerprint density at radius 3 is 2.72 bits per heavy atom. The molecule has 0 spiro atoms. The van der Waals surface area contributed by atoms with E-state index in [4.69, 9.17) is 17.3 Å². The maximum absolute atomic E-state index is 12.4. The molecule has 3 nitrogen and oxygen atoms in total. The van der Waals surface area contributed by atoms with Crippen molar-refractivity contribution in [3.05, 3.63) is 34.0 Å². The third kappa shape index (κ3) is 3.83. The number of hydrogen-bond donors (Lipinski definition) is 1. The highest BCUT2D eigenvalue weighted by molar-refractivity contribution is 7.16. The van der Waals surface area contributed by atoms with Gasteiger partial charge in [-0.1, -0.05) is 17.7 Å². The van der Waals surface area contributed by atoms with E-state index in [0.29, 0.717) is 19.6 Å². The molecular formula is C13H19ClN2OS. The largest absolute Gasteiger partial charge is 0.333 e. The van der Waals surface area contributed by atoms with E-state index in [1.807, 2.05) is 26.0 Å². The number of hydrogen-bond acceptors (Lipinski definition) is 3. The maximum atomic E-state index is 12.4. The molecule has 1 aromatic heterocycles. The molecule has 5 heteroatoms. The van der Waals surface area contributed by atoms with Gasteiger partial charge < -0.3 is 10.6 Å². The van der Waals surface area contributed by atoms with E-state index in [2.05, 4.69) is 6.58 Å². The summed E-state index contributed by atoms with van der Waals surface area (Å²) in [6, 6.07) is 3.78. The fraction of sp³-hybridized carbons (Fsp3) is 0.462. The van der Waals surface area contributed by atoms with Gasteiger partial charge in [-0.15, -0.1) is 17.9 Å². The van der Waals surface area contributed by atoms with Gasteiger partial charge in [-0.05, 0) is 26.0 Å². The lowest BCUT2D eigenvalue weighted by molar-refractivity contribution is -0.139. The van der Waals surface area contributed by atoms with Crippen molar-refractivity contribution < 1.29 is 4.79 Å². The molecule has 1 rings (SSSR count). The fourth-order valence-corrected chi connectivity index (χ4v) is 2.62. The van der Waals surface area contributed by atoms with Gasteiger partial charge in [0.25, 0.3) is 0 Å². The Bertz CT molecular complexity index is 428. The maximum Gasteiger partial charge on any atom is 0.230 e. The van der Waals surface area contributed by atoms with Gasteiger partial charge >= 0.3 is 0 Å². The van der Waals surface area contributed by atoms with Crippen molar-refractivity contribution in [1.82, 2.24) is 4.90 Å². The summed E-state index contributed by atoms with van der Waals surface area (Å²) in [6.07, 6.45) is 1.72. The zero-order valence-corrected chi connectivity index (χ0v) is 12.4. The van der Waals surface area contributed by atoms with Crippen molar-refractivity contribution in [2.75, 3.05) is 13.1 Å². The highest BCUT2D eigenvalue weighted by atomic mass is 35.5. The van der Waals surface area contributed by atoms with Gasteiger partial charge in [-0.25, -0.2) is 0 Å². The summed E-state index contributed by atoms with van der Waals surface area (Å²) in [5.74, 6) is 0.0365. The Labute approximate surface area is 117 Å². The van der Waals surface area contributed by atoms with Crippen molar-refractivity contribution in [2.45, 2.75) is 20.4 Å². The first-order valence-electron chi connectivity index (χ1n) is 5.75. The first kappa shape index (κ1) is 15.2. The molecule has 2 N–H and O–H groups in total. The Morgan fingerprint density at radius 2 is 2.28 bits per heavy atom. The van der Waals surface area contributed by atoms with E-state index >= 15 is 0 Å². The number of halogens is 1. The van der Waals surface area contributed by atoms with Gasteiger partial charge in [-0.3, -0.25) is 4.79 Å². The summed E-state index contributed by atoms with van der Waals surface area (Å²) in [6.45, 7) is 8.78. The first-order chi connectivity index (χ1) is 8.40. The Kier molecular flexibility index (Phi) is 5.38. The van der Waals surface area contributed by atoms with Gasteiger partial charge in [0.15, 0.2) is 0 Å². The van der Waals surface area contributed by atoms with E-state index in [0.717, 1.165) is 9.21 Å². The van der Waals surface area contributed by atoms with Gasteiger partial charge in [-0.2, -0.15) is 0 Å². The van der Waals surface area contributed by atoms with Gasteiger partial charge in [0.2, 0.25) is 5.91 Å². The fourth-order valence-electron chi connectivity index (χ4n) is 1.52. The van der Waals surface area contributed by atoms with Crippen LogP contribution in [0.3, 0.4) is 0 Å². The third-order valence-electron chi connectivity index (χ3n) is 2.70. The quantitative estimate of drug-likeness (QED) is 0.818. The lowest BCUT2D eigenvalue weighted by Crippen LogP contribution is -2.44. The van der Waals surface area contributed by atoms with Gasteiger partial charge in [0.05, 0.1) is 16.3 Å². The van der Waals surface area contributed by atoms with Crippen LogP contribution in [0.15, 0.2) is 24.8 Å². The van der Waals surface area contributed by atoms with Crippen LogP contribution in [0.5, 0.6) is 0 Å². The molecule has 0 saturated heterocycles. The van der Waals surface area contributed by atoms with Crippen molar-refractivity contribution >= 4 is 28.8 Å². The minimum atomic E-state index is -0.552. The molecule has 0 atom stereocenters. The topological polar surface area (TPSA) is 46.3 Å². The lowest BCUT2D eigenvalue weighted by Gasteiger charge is -2.30. The molecule has 0 bridgehead atoms. The molecule has 100 valence electrons. The zero-order valence-electron chi connectivity index (χ0n) is 10.8. The molecule has 0 radical (unpaired) electrons. The van der Waals surface area contributed by atoms with Crippen LogP contribution < -0.4 is 5.73 Å². The summed E-state index contributed by atoms with van der Waals surface area (Å²) in [5, 5.41) is 0. The molecule has 0 unspecified atom stereocenters. The molecule has 1 aromatic rings. The third-order valence-corrected chi connectivity index (χ3v) is 3.92. The van der Waals surface area contributed by atoms with Crippen molar-refractivity contribution in [3.63, 3.8) is 0 Å². The number of amides is 1. The van der Waals surface area contributed by atoms with Crippen LogP contribution in [0.25, 0.3) is 0 Å². The average Bonchev–Trinajstić information content (AvgIpc) is 2.73. The minimum Gasteiger partial charge on any atom is -0.333 e. The Morgan fingerprint density at radius 1 is 1.61 bits per heavy atom. The molecule has 0 aliphatic rings. The molecule has 0 aliphatic heterocycles. The molecule has 1 amide bonds. The van der Waals surface area contributed by atoms with Gasteiger partial charge in [0, 0.05) is 18.0 Å². The highest BCUT2D eigenvalue weighted by Gasteiger charge is 2.30. The number of nitrogens with zero attached hydrogens (tertiary/aromatic N) is 1. The van der Waals surface area contributed by atoms with Crippen molar-refractivity contribution in [1.29, 1.82) is 0 Å². The summed E-state index contributed by atoms with van der Waals surface area (Å²) in [4.78, 5) is 15.2. The van der Waals surface area contributed by atoms with Crippen molar-refractivity contribution in [3.8, 4) is 0 Å². The van der Waals surface area contributed by atoms with E-state index in [-0.39, 0.29) is 5.91 Å². The van der Waals surface area contributed by atoms with Crippen molar-refractivity contribution in [2.24, 2.45) is 11.1 Å². The standard InChI is InChI=1S/C13H19ClN2OS/c1-4-7-16(12(17)13(2,3)9-15)8-10-5-6-11(14)18-10/h4-6H,1,7-9,15H2,2-3H3. The van der Waals surface area contributed by atoms with Crippen LogP contribution in [0.1, 0.15) is 18.7 Å².